The first-order chi connectivity index (χ1) is 15.2. The molecule has 6 N–H and O–H groups in total. The minimum atomic E-state index is -1.74. The number of carbonyl (C=O) groups excluding carboxylic acids is 1. The van der Waals surface area contributed by atoms with Crippen LogP contribution in [0.25, 0.3) is 6.08 Å². The Morgan fingerprint density at radius 3 is 2.50 bits per heavy atom. The molecule has 1 aromatic carbocycles. The van der Waals surface area contributed by atoms with Gasteiger partial charge in [-0.3, -0.25) is 4.79 Å². The number of aliphatic hydroxyl groups is 3. The highest BCUT2D eigenvalue weighted by atomic mass is 16.7. The Morgan fingerprint density at radius 1 is 1.03 bits per heavy atom. The van der Waals surface area contributed by atoms with Crippen LogP contribution in [0.15, 0.2) is 46.0 Å². The third kappa shape index (κ3) is 5.00. The van der Waals surface area contributed by atoms with Crippen LogP contribution in [0.1, 0.15) is 5.56 Å². The van der Waals surface area contributed by atoms with Crippen molar-refractivity contribution in [3.05, 3.63) is 52.6 Å². The standard InChI is InChI=1S/C20H20O12/c21-10-5-6-29-7-12(10)31-20-19(28)18(27)17(26)13(32-20)8-30-14(23)4-2-9-1-3-11(22)16(25)15(9)24/h1-7,13,17-20,22,24-28H,8H2/b4-2+/t13-,17-,18+,19-,20-/m1/s1. The Balaban J connectivity index is 1.63. The highest BCUT2D eigenvalue weighted by Gasteiger charge is 2.45. The summed E-state index contributed by atoms with van der Waals surface area (Å²) in [7, 11) is 0. The molecular weight excluding hydrogens is 432 g/mol. The molecule has 0 bridgehead atoms. The zero-order valence-electron chi connectivity index (χ0n) is 16.3. The van der Waals surface area contributed by atoms with Crippen LogP contribution >= 0.6 is 0 Å². The van der Waals surface area contributed by atoms with Gasteiger partial charge in [0.15, 0.2) is 11.5 Å². The molecule has 1 saturated heterocycles. The van der Waals surface area contributed by atoms with E-state index in [4.69, 9.17) is 18.6 Å². The van der Waals surface area contributed by atoms with Gasteiger partial charge in [0.2, 0.25) is 23.2 Å². The number of aliphatic hydroxyl groups excluding tert-OH is 3. The maximum Gasteiger partial charge on any atom is 0.330 e. The van der Waals surface area contributed by atoms with Crippen molar-refractivity contribution < 1.29 is 54.1 Å². The summed E-state index contributed by atoms with van der Waals surface area (Å²) in [4.78, 5) is 23.7. The van der Waals surface area contributed by atoms with E-state index in [0.29, 0.717) is 0 Å². The normalized spacial score (nSPS) is 25.5. The number of esters is 1. The van der Waals surface area contributed by atoms with E-state index in [0.717, 1.165) is 36.8 Å². The minimum Gasteiger partial charge on any atom is -0.504 e. The summed E-state index contributed by atoms with van der Waals surface area (Å²) in [5.41, 5.74) is -0.566. The highest BCUT2D eigenvalue weighted by molar-refractivity contribution is 5.88. The molecule has 0 unspecified atom stereocenters. The molecule has 172 valence electrons. The summed E-state index contributed by atoms with van der Waals surface area (Å²) in [6.45, 7) is -0.565. The minimum absolute atomic E-state index is 0.0138. The van der Waals surface area contributed by atoms with E-state index in [1.807, 2.05) is 0 Å². The van der Waals surface area contributed by atoms with E-state index in [1.54, 1.807) is 0 Å². The highest BCUT2D eigenvalue weighted by Crippen LogP contribution is 2.37. The predicted molar refractivity (Wildman–Crippen MR) is 104 cm³/mol. The van der Waals surface area contributed by atoms with Crippen molar-refractivity contribution in [2.24, 2.45) is 0 Å². The van der Waals surface area contributed by atoms with Gasteiger partial charge in [0, 0.05) is 17.7 Å². The summed E-state index contributed by atoms with van der Waals surface area (Å²) >= 11 is 0. The van der Waals surface area contributed by atoms with Gasteiger partial charge in [0.25, 0.3) is 0 Å². The van der Waals surface area contributed by atoms with Crippen molar-refractivity contribution in [1.29, 1.82) is 0 Å². The first-order valence-corrected chi connectivity index (χ1v) is 9.20. The Morgan fingerprint density at radius 2 is 1.78 bits per heavy atom. The van der Waals surface area contributed by atoms with E-state index < -0.39 is 66.0 Å². The van der Waals surface area contributed by atoms with E-state index >= 15 is 0 Å². The van der Waals surface area contributed by atoms with Gasteiger partial charge in [0.05, 0.1) is 6.26 Å². The smallest absolute Gasteiger partial charge is 0.330 e. The molecule has 0 radical (unpaired) electrons. The summed E-state index contributed by atoms with van der Waals surface area (Å²) in [5.74, 6) is -3.20. The van der Waals surface area contributed by atoms with Crippen molar-refractivity contribution in [2.45, 2.75) is 30.7 Å². The quantitative estimate of drug-likeness (QED) is 0.182. The Labute approximate surface area is 179 Å². The first-order valence-electron chi connectivity index (χ1n) is 9.20. The van der Waals surface area contributed by atoms with Gasteiger partial charge < -0.3 is 49.3 Å². The van der Waals surface area contributed by atoms with E-state index in [1.165, 1.54) is 6.07 Å². The molecule has 0 aliphatic carbocycles. The lowest BCUT2D eigenvalue weighted by molar-refractivity contribution is -0.278. The van der Waals surface area contributed by atoms with Crippen molar-refractivity contribution in [2.75, 3.05) is 6.61 Å². The average Bonchev–Trinajstić information content (AvgIpc) is 2.78. The third-order valence-electron chi connectivity index (χ3n) is 4.58. The molecule has 3 rings (SSSR count). The first kappa shape index (κ1) is 23.1. The topological polar surface area (TPSA) is 196 Å². The van der Waals surface area contributed by atoms with Crippen LogP contribution in [0.5, 0.6) is 23.0 Å². The number of hydrogen-bond acceptors (Lipinski definition) is 12. The summed E-state index contributed by atoms with van der Waals surface area (Å²) in [6.07, 6.45) is -3.92. The van der Waals surface area contributed by atoms with Gasteiger partial charge in [-0.15, -0.1) is 0 Å². The maximum atomic E-state index is 12.0. The number of hydrogen-bond donors (Lipinski definition) is 6. The lowest BCUT2D eigenvalue weighted by atomic mass is 9.99. The van der Waals surface area contributed by atoms with E-state index in [2.05, 4.69) is 0 Å². The molecule has 0 saturated carbocycles. The second kappa shape index (κ2) is 9.70. The van der Waals surface area contributed by atoms with Crippen LogP contribution in [0.2, 0.25) is 0 Å². The fourth-order valence-electron chi connectivity index (χ4n) is 2.79. The van der Waals surface area contributed by atoms with E-state index in [-0.39, 0.29) is 11.3 Å². The van der Waals surface area contributed by atoms with Crippen LogP contribution in [0.3, 0.4) is 0 Å². The van der Waals surface area contributed by atoms with Crippen molar-refractivity contribution >= 4 is 12.0 Å². The number of phenols is 3. The summed E-state index contributed by atoms with van der Waals surface area (Å²) < 4.78 is 20.3. The number of ether oxygens (including phenoxy) is 3. The lowest BCUT2D eigenvalue weighted by Crippen LogP contribution is -2.60. The molecule has 2 aromatic rings. The Bertz CT molecular complexity index is 1050. The second-order valence-corrected chi connectivity index (χ2v) is 6.75. The Kier molecular flexibility index (Phi) is 7.00. The lowest BCUT2D eigenvalue weighted by Gasteiger charge is -2.39. The summed E-state index contributed by atoms with van der Waals surface area (Å²) in [5, 5.41) is 58.7. The molecule has 12 nitrogen and oxygen atoms in total. The predicted octanol–water partition coefficient (Wildman–Crippen LogP) is -0.800. The molecular formula is C20H20O12. The maximum absolute atomic E-state index is 12.0. The van der Waals surface area contributed by atoms with Crippen molar-refractivity contribution in [3.63, 3.8) is 0 Å². The fraction of sp³-hybridized carbons (Fsp3) is 0.300. The second-order valence-electron chi connectivity index (χ2n) is 6.75. The SMILES string of the molecule is O=C(/C=C/c1ccc(O)c(O)c1O)OC[C@H]1O[C@@H](Oc2coccc2=O)[C@H](O)[C@@H](O)[C@@H]1O. The molecule has 1 aromatic heterocycles. The van der Waals surface area contributed by atoms with Crippen LogP contribution in [0.4, 0.5) is 0 Å². The zero-order chi connectivity index (χ0) is 23.4. The molecule has 2 heterocycles. The molecule has 1 aliphatic heterocycles. The molecule has 1 aliphatic rings. The van der Waals surface area contributed by atoms with Crippen LogP contribution in [0, 0.1) is 0 Å². The molecule has 1 fully saturated rings. The van der Waals surface area contributed by atoms with Gasteiger partial charge in [-0.25, -0.2) is 4.79 Å². The number of aromatic hydroxyl groups is 3. The van der Waals surface area contributed by atoms with Gasteiger partial charge in [-0.2, -0.15) is 0 Å². The molecule has 5 atom stereocenters. The monoisotopic (exact) mass is 452 g/mol. The molecule has 12 heteroatoms. The Hall–Kier alpha value is -3.58. The number of carbonyl (C=O) groups is 1. The van der Waals surface area contributed by atoms with Crippen molar-refractivity contribution in [3.8, 4) is 23.0 Å². The number of phenolic OH excluding ortho intramolecular Hbond substituents is 3. The van der Waals surface area contributed by atoms with Crippen LogP contribution in [-0.2, 0) is 14.3 Å². The zero-order valence-corrected chi connectivity index (χ0v) is 16.3. The average molecular weight is 452 g/mol. The molecule has 0 amide bonds. The fourth-order valence-corrected chi connectivity index (χ4v) is 2.79. The number of benzene rings is 1. The summed E-state index contributed by atoms with van der Waals surface area (Å²) in [6, 6.07) is 3.40. The van der Waals surface area contributed by atoms with Crippen LogP contribution < -0.4 is 10.2 Å². The van der Waals surface area contributed by atoms with Crippen LogP contribution in [-0.4, -0.2) is 73.9 Å². The van der Waals surface area contributed by atoms with Gasteiger partial charge in [-0.1, -0.05) is 0 Å². The third-order valence-corrected chi connectivity index (χ3v) is 4.58. The van der Waals surface area contributed by atoms with Gasteiger partial charge in [0.1, 0.15) is 37.3 Å². The van der Waals surface area contributed by atoms with E-state index in [9.17, 15) is 40.2 Å². The number of rotatable bonds is 6. The van der Waals surface area contributed by atoms with Gasteiger partial charge >= 0.3 is 5.97 Å². The largest absolute Gasteiger partial charge is 0.504 e. The van der Waals surface area contributed by atoms with Crippen molar-refractivity contribution in [1.82, 2.24) is 0 Å². The molecule has 32 heavy (non-hydrogen) atoms. The van der Waals surface area contributed by atoms with Gasteiger partial charge in [-0.05, 0) is 18.2 Å². The molecule has 0 spiro atoms.